The van der Waals surface area contributed by atoms with Gasteiger partial charge in [0.05, 0.1) is 0 Å². The molecule has 0 heterocycles. The lowest BCUT2D eigenvalue weighted by Crippen LogP contribution is -2.30. The maximum Gasteiger partial charge on any atom is 0.306 e. The summed E-state index contributed by atoms with van der Waals surface area (Å²) in [6.07, 6.45) is 55.8. The minimum Gasteiger partial charge on any atom is -0.462 e. The zero-order valence-corrected chi connectivity index (χ0v) is 40.2. The van der Waals surface area contributed by atoms with Crippen molar-refractivity contribution in [1.29, 1.82) is 0 Å². The predicted octanol–water partition coefficient (Wildman–Crippen LogP) is 17.2. The number of carbonyl (C=O) groups is 3. The van der Waals surface area contributed by atoms with Crippen LogP contribution >= 0.6 is 0 Å². The standard InChI is InChI=1S/C54H100O6/c1-4-7-10-13-16-19-22-25-27-29-32-34-37-40-43-46-52(55)58-49-51(60-54(57)48-45-42-39-36-31-24-21-18-15-12-9-6-3)50-59-53(56)47-44-41-38-35-33-30-28-26-23-20-17-14-11-8-5-2/h19-20,22-23,51H,4-18,21,24-50H2,1-3H3/b22-19-,23-20-. The molecule has 0 aliphatic rings. The van der Waals surface area contributed by atoms with Gasteiger partial charge in [-0.25, -0.2) is 0 Å². The maximum absolute atomic E-state index is 12.8. The van der Waals surface area contributed by atoms with Gasteiger partial charge in [0.2, 0.25) is 0 Å². The lowest BCUT2D eigenvalue weighted by atomic mass is 10.0. The monoisotopic (exact) mass is 845 g/mol. The van der Waals surface area contributed by atoms with Crippen molar-refractivity contribution in [3.63, 3.8) is 0 Å². The summed E-state index contributed by atoms with van der Waals surface area (Å²) in [4.78, 5) is 38.0. The molecule has 0 saturated heterocycles. The van der Waals surface area contributed by atoms with E-state index in [1.807, 2.05) is 0 Å². The molecule has 0 atom stereocenters. The zero-order chi connectivity index (χ0) is 43.7. The van der Waals surface area contributed by atoms with Crippen LogP contribution in [0.3, 0.4) is 0 Å². The van der Waals surface area contributed by atoms with Crippen molar-refractivity contribution in [1.82, 2.24) is 0 Å². The molecule has 0 bridgehead atoms. The van der Waals surface area contributed by atoms with Gasteiger partial charge in [0.1, 0.15) is 13.2 Å². The second-order valence-electron chi connectivity index (χ2n) is 17.8. The third-order valence-electron chi connectivity index (χ3n) is 11.7. The van der Waals surface area contributed by atoms with E-state index in [9.17, 15) is 14.4 Å². The second-order valence-corrected chi connectivity index (χ2v) is 17.8. The fourth-order valence-electron chi connectivity index (χ4n) is 7.67. The molecular formula is C54H100O6. The van der Waals surface area contributed by atoms with Gasteiger partial charge in [0.15, 0.2) is 6.10 Å². The number of hydrogen-bond acceptors (Lipinski definition) is 6. The molecule has 0 spiro atoms. The summed E-state index contributed by atoms with van der Waals surface area (Å²) < 4.78 is 16.8. The van der Waals surface area contributed by atoms with Gasteiger partial charge in [-0.3, -0.25) is 14.4 Å². The van der Waals surface area contributed by atoms with E-state index in [2.05, 4.69) is 45.1 Å². The van der Waals surface area contributed by atoms with E-state index in [4.69, 9.17) is 14.2 Å². The molecule has 0 radical (unpaired) electrons. The summed E-state index contributed by atoms with van der Waals surface area (Å²) >= 11 is 0. The average molecular weight is 845 g/mol. The van der Waals surface area contributed by atoms with Crippen molar-refractivity contribution in [2.45, 2.75) is 290 Å². The SMILES string of the molecule is CCCCCC/C=C\CCCCCCCCCC(=O)OCC(COC(=O)CCCCCCCCC/C=C\CCCCCC)OC(=O)CCCCCCCCCCCCCC. The molecule has 60 heavy (non-hydrogen) atoms. The van der Waals surface area contributed by atoms with Crippen LogP contribution in [0.2, 0.25) is 0 Å². The molecule has 6 nitrogen and oxygen atoms in total. The molecule has 0 fully saturated rings. The minimum absolute atomic E-state index is 0.0712. The Bertz CT molecular complexity index is 917. The number of esters is 3. The van der Waals surface area contributed by atoms with Gasteiger partial charge in [0, 0.05) is 19.3 Å². The molecule has 0 aliphatic carbocycles. The zero-order valence-electron chi connectivity index (χ0n) is 40.2. The lowest BCUT2D eigenvalue weighted by Gasteiger charge is -2.18. The fourth-order valence-corrected chi connectivity index (χ4v) is 7.67. The topological polar surface area (TPSA) is 78.9 Å². The minimum atomic E-state index is -0.769. The first-order chi connectivity index (χ1) is 29.5. The predicted molar refractivity (Wildman–Crippen MR) is 256 cm³/mol. The lowest BCUT2D eigenvalue weighted by molar-refractivity contribution is -0.167. The van der Waals surface area contributed by atoms with E-state index >= 15 is 0 Å². The van der Waals surface area contributed by atoms with Crippen molar-refractivity contribution < 1.29 is 28.6 Å². The largest absolute Gasteiger partial charge is 0.462 e. The number of unbranched alkanes of at least 4 members (excludes halogenated alkanes) is 33. The van der Waals surface area contributed by atoms with E-state index in [-0.39, 0.29) is 31.1 Å². The number of allylic oxidation sites excluding steroid dienone is 4. The molecule has 0 N–H and O–H groups in total. The Labute approximate surface area is 373 Å². The quantitative estimate of drug-likeness (QED) is 0.0263. The highest BCUT2D eigenvalue weighted by atomic mass is 16.6. The molecule has 0 aromatic rings. The van der Waals surface area contributed by atoms with Gasteiger partial charge in [0.25, 0.3) is 0 Å². The van der Waals surface area contributed by atoms with Crippen LogP contribution in [-0.4, -0.2) is 37.2 Å². The number of hydrogen-bond donors (Lipinski definition) is 0. The number of rotatable bonds is 48. The molecule has 352 valence electrons. The molecule has 6 heteroatoms. The Morgan fingerprint density at radius 1 is 0.317 bits per heavy atom. The van der Waals surface area contributed by atoms with Crippen LogP contribution in [0.15, 0.2) is 24.3 Å². The van der Waals surface area contributed by atoms with Crippen molar-refractivity contribution in [3.8, 4) is 0 Å². The molecule has 0 amide bonds. The van der Waals surface area contributed by atoms with Crippen LogP contribution in [0.5, 0.6) is 0 Å². The first-order valence-corrected chi connectivity index (χ1v) is 26.3. The first-order valence-electron chi connectivity index (χ1n) is 26.3. The Morgan fingerprint density at radius 3 is 0.850 bits per heavy atom. The van der Waals surface area contributed by atoms with Gasteiger partial charge >= 0.3 is 17.9 Å². The van der Waals surface area contributed by atoms with Gasteiger partial charge in [-0.2, -0.15) is 0 Å². The van der Waals surface area contributed by atoms with E-state index in [0.29, 0.717) is 19.3 Å². The summed E-state index contributed by atoms with van der Waals surface area (Å²) in [6, 6.07) is 0. The van der Waals surface area contributed by atoms with Crippen molar-refractivity contribution in [2.24, 2.45) is 0 Å². The Kier molecular flexibility index (Phi) is 47.8. The van der Waals surface area contributed by atoms with Crippen LogP contribution in [0.25, 0.3) is 0 Å². The van der Waals surface area contributed by atoms with E-state index in [0.717, 1.165) is 57.8 Å². The summed E-state index contributed by atoms with van der Waals surface area (Å²) in [7, 11) is 0. The summed E-state index contributed by atoms with van der Waals surface area (Å²) in [5, 5.41) is 0. The van der Waals surface area contributed by atoms with Crippen LogP contribution < -0.4 is 0 Å². The molecule has 0 aromatic heterocycles. The van der Waals surface area contributed by atoms with Crippen LogP contribution in [0.4, 0.5) is 0 Å². The molecule has 0 unspecified atom stereocenters. The van der Waals surface area contributed by atoms with E-state index in [1.165, 1.54) is 186 Å². The van der Waals surface area contributed by atoms with Gasteiger partial charge in [-0.15, -0.1) is 0 Å². The highest BCUT2D eigenvalue weighted by molar-refractivity contribution is 5.71. The molecule has 0 aliphatic heterocycles. The Morgan fingerprint density at radius 2 is 0.550 bits per heavy atom. The van der Waals surface area contributed by atoms with Crippen molar-refractivity contribution >= 4 is 17.9 Å². The highest BCUT2D eigenvalue weighted by Gasteiger charge is 2.19. The van der Waals surface area contributed by atoms with Crippen LogP contribution in [-0.2, 0) is 28.6 Å². The molecular weight excluding hydrogens is 745 g/mol. The van der Waals surface area contributed by atoms with Gasteiger partial charge in [-0.05, 0) is 70.6 Å². The second kappa shape index (κ2) is 49.5. The Balaban J connectivity index is 4.34. The molecule has 0 aromatic carbocycles. The van der Waals surface area contributed by atoms with E-state index < -0.39 is 6.10 Å². The van der Waals surface area contributed by atoms with E-state index in [1.54, 1.807) is 0 Å². The van der Waals surface area contributed by atoms with Crippen molar-refractivity contribution in [2.75, 3.05) is 13.2 Å². The summed E-state index contributed by atoms with van der Waals surface area (Å²) in [5.41, 5.74) is 0. The van der Waals surface area contributed by atoms with Crippen molar-refractivity contribution in [3.05, 3.63) is 24.3 Å². The molecule has 0 rings (SSSR count). The molecule has 0 saturated carbocycles. The number of carbonyl (C=O) groups excluding carboxylic acids is 3. The smallest absolute Gasteiger partial charge is 0.306 e. The Hall–Kier alpha value is -2.11. The van der Waals surface area contributed by atoms with Gasteiger partial charge in [-0.1, -0.05) is 218 Å². The summed E-state index contributed by atoms with van der Waals surface area (Å²) in [6.45, 7) is 6.63. The number of ether oxygens (including phenoxy) is 3. The highest BCUT2D eigenvalue weighted by Crippen LogP contribution is 2.15. The average Bonchev–Trinajstić information content (AvgIpc) is 3.24. The van der Waals surface area contributed by atoms with Crippen LogP contribution in [0, 0.1) is 0 Å². The van der Waals surface area contributed by atoms with Crippen LogP contribution in [0.1, 0.15) is 284 Å². The maximum atomic E-state index is 12.8. The van der Waals surface area contributed by atoms with Gasteiger partial charge < -0.3 is 14.2 Å². The fraction of sp³-hybridized carbons (Fsp3) is 0.870. The third kappa shape index (κ3) is 46.9. The third-order valence-corrected chi connectivity index (χ3v) is 11.7. The summed E-state index contributed by atoms with van der Waals surface area (Å²) in [5.74, 6) is -0.866. The normalized spacial score (nSPS) is 11.7. The first kappa shape index (κ1) is 57.9.